The zero-order valence-electron chi connectivity index (χ0n) is 12.3. The molecule has 0 spiro atoms. The SMILES string of the molecule is CC1CCCC(N)(c2nc3c(s2)COc2ccccc2-3)C1. The van der Waals surface area contributed by atoms with Crippen LogP contribution in [-0.4, -0.2) is 4.98 Å². The van der Waals surface area contributed by atoms with Crippen molar-refractivity contribution in [3.05, 3.63) is 34.2 Å². The first-order valence-corrected chi connectivity index (χ1v) is 8.49. The Hall–Kier alpha value is -1.39. The lowest BCUT2D eigenvalue weighted by atomic mass is 9.77. The van der Waals surface area contributed by atoms with Crippen molar-refractivity contribution in [1.29, 1.82) is 0 Å². The Morgan fingerprint density at radius 3 is 3.10 bits per heavy atom. The van der Waals surface area contributed by atoms with Gasteiger partial charge in [0.25, 0.3) is 0 Å². The summed E-state index contributed by atoms with van der Waals surface area (Å²) in [7, 11) is 0. The monoisotopic (exact) mass is 300 g/mol. The van der Waals surface area contributed by atoms with E-state index in [-0.39, 0.29) is 5.54 Å². The Labute approximate surface area is 129 Å². The van der Waals surface area contributed by atoms with Crippen LogP contribution in [0.15, 0.2) is 24.3 Å². The highest BCUT2D eigenvalue weighted by Crippen LogP contribution is 2.45. The number of thiazole rings is 1. The predicted molar refractivity (Wildman–Crippen MR) is 85.4 cm³/mol. The second kappa shape index (κ2) is 4.82. The van der Waals surface area contributed by atoms with Crippen molar-refractivity contribution in [3.63, 3.8) is 0 Å². The highest BCUT2D eigenvalue weighted by atomic mass is 32.1. The summed E-state index contributed by atoms with van der Waals surface area (Å²) in [5.41, 5.74) is 8.66. The number of rotatable bonds is 1. The average molecular weight is 300 g/mol. The third kappa shape index (κ3) is 2.17. The summed E-state index contributed by atoms with van der Waals surface area (Å²) < 4.78 is 5.83. The van der Waals surface area contributed by atoms with Gasteiger partial charge < -0.3 is 10.5 Å². The van der Waals surface area contributed by atoms with E-state index in [1.165, 1.54) is 17.7 Å². The largest absolute Gasteiger partial charge is 0.487 e. The summed E-state index contributed by atoms with van der Waals surface area (Å²) in [6.45, 7) is 2.92. The fourth-order valence-corrected chi connectivity index (χ4v) is 4.72. The smallest absolute Gasteiger partial charge is 0.129 e. The van der Waals surface area contributed by atoms with Gasteiger partial charge in [0.05, 0.1) is 16.1 Å². The van der Waals surface area contributed by atoms with Crippen LogP contribution in [-0.2, 0) is 12.1 Å². The van der Waals surface area contributed by atoms with Gasteiger partial charge in [-0.25, -0.2) is 4.98 Å². The van der Waals surface area contributed by atoms with Crippen LogP contribution < -0.4 is 10.5 Å². The molecule has 2 unspecified atom stereocenters. The Bertz CT molecular complexity index is 681. The number of hydrogen-bond acceptors (Lipinski definition) is 4. The molecule has 1 saturated carbocycles. The normalized spacial score (nSPS) is 27.6. The van der Waals surface area contributed by atoms with E-state index in [1.807, 2.05) is 18.2 Å². The maximum absolute atomic E-state index is 6.71. The summed E-state index contributed by atoms with van der Waals surface area (Å²) in [4.78, 5) is 6.15. The minimum atomic E-state index is -0.241. The molecule has 2 N–H and O–H groups in total. The third-order valence-corrected chi connectivity index (χ3v) is 5.91. The summed E-state index contributed by atoms with van der Waals surface area (Å²) in [6, 6.07) is 8.14. The molecular weight excluding hydrogens is 280 g/mol. The fraction of sp³-hybridized carbons (Fsp3) is 0.471. The molecule has 1 aromatic heterocycles. The van der Waals surface area contributed by atoms with E-state index in [1.54, 1.807) is 11.3 Å². The number of para-hydroxylation sites is 1. The maximum atomic E-state index is 6.71. The van der Waals surface area contributed by atoms with Gasteiger partial charge in [0.2, 0.25) is 0 Å². The molecule has 2 aromatic rings. The van der Waals surface area contributed by atoms with Crippen molar-refractivity contribution < 1.29 is 4.74 Å². The van der Waals surface area contributed by atoms with Gasteiger partial charge in [0.1, 0.15) is 17.4 Å². The quantitative estimate of drug-likeness (QED) is 0.863. The molecule has 21 heavy (non-hydrogen) atoms. The second-order valence-corrected chi connectivity index (χ2v) is 7.52. The van der Waals surface area contributed by atoms with E-state index in [9.17, 15) is 0 Å². The minimum absolute atomic E-state index is 0.241. The van der Waals surface area contributed by atoms with Gasteiger partial charge in [-0.1, -0.05) is 31.9 Å². The minimum Gasteiger partial charge on any atom is -0.487 e. The van der Waals surface area contributed by atoms with Crippen LogP contribution in [0.4, 0.5) is 0 Å². The van der Waals surface area contributed by atoms with Crippen molar-refractivity contribution in [1.82, 2.24) is 4.98 Å². The summed E-state index contributed by atoms with van der Waals surface area (Å²) in [5.74, 6) is 1.62. The molecular formula is C17H20N2OS. The summed E-state index contributed by atoms with van der Waals surface area (Å²) in [6.07, 6.45) is 4.58. The van der Waals surface area contributed by atoms with Gasteiger partial charge in [-0.15, -0.1) is 11.3 Å². The highest BCUT2D eigenvalue weighted by molar-refractivity contribution is 7.12. The number of benzene rings is 1. The summed E-state index contributed by atoms with van der Waals surface area (Å²) >= 11 is 1.75. The van der Waals surface area contributed by atoms with Crippen molar-refractivity contribution in [2.75, 3.05) is 0 Å². The second-order valence-electron chi connectivity index (χ2n) is 6.43. The lowest BCUT2D eigenvalue weighted by Gasteiger charge is -2.35. The molecule has 1 aliphatic heterocycles. The third-order valence-electron chi connectivity index (χ3n) is 4.66. The Morgan fingerprint density at radius 2 is 2.24 bits per heavy atom. The lowest BCUT2D eigenvalue weighted by molar-refractivity contribution is 0.238. The molecule has 2 aliphatic rings. The molecule has 4 heteroatoms. The molecule has 2 atom stereocenters. The van der Waals surface area contributed by atoms with Crippen molar-refractivity contribution >= 4 is 11.3 Å². The van der Waals surface area contributed by atoms with Crippen LogP contribution in [0, 0.1) is 5.92 Å². The number of hydrogen-bond donors (Lipinski definition) is 1. The zero-order valence-corrected chi connectivity index (χ0v) is 13.1. The molecule has 1 aliphatic carbocycles. The topological polar surface area (TPSA) is 48.1 Å². The first kappa shape index (κ1) is 13.3. The van der Waals surface area contributed by atoms with E-state index in [0.29, 0.717) is 12.5 Å². The average Bonchev–Trinajstić information content (AvgIpc) is 2.92. The van der Waals surface area contributed by atoms with E-state index >= 15 is 0 Å². The van der Waals surface area contributed by atoms with Crippen molar-refractivity contribution in [2.45, 2.75) is 44.8 Å². The van der Waals surface area contributed by atoms with E-state index in [0.717, 1.165) is 34.9 Å². The van der Waals surface area contributed by atoms with Gasteiger partial charge in [-0.3, -0.25) is 0 Å². The van der Waals surface area contributed by atoms with Crippen LogP contribution >= 0.6 is 11.3 Å². The van der Waals surface area contributed by atoms with Crippen molar-refractivity contribution in [3.8, 4) is 17.0 Å². The molecule has 0 bridgehead atoms. The first-order chi connectivity index (χ1) is 10.2. The standard InChI is InChI=1S/C17H20N2OS/c1-11-5-4-8-17(18,9-11)16-19-15-12-6-2-3-7-13(12)20-10-14(15)21-16/h2-3,6-7,11H,4-5,8-10,18H2,1H3. The molecule has 4 rings (SSSR count). The van der Waals surface area contributed by atoms with Gasteiger partial charge in [-0.2, -0.15) is 0 Å². The molecule has 1 fully saturated rings. The number of aromatic nitrogens is 1. The van der Waals surface area contributed by atoms with Crippen LogP contribution in [0.3, 0.4) is 0 Å². The number of nitrogens with zero attached hydrogens (tertiary/aromatic N) is 1. The van der Waals surface area contributed by atoms with Crippen LogP contribution in [0.25, 0.3) is 11.3 Å². The molecule has 0 saturated heterocycles. The molecule has 2 heterocycles. The molecule has 110 valence electrons. The Kier molecular flexibility index (Phi) is 3.05. The fourth-order valence-electron chi connectivity index (χ4n) is 3.59. The van der Waals surface area contributed by atoms with E-state index in [4.69, 9.17) is 15.5 Å². The molecule has 0 amide bonds. The number of nitrogens with two attached hydrogens (primary N) is 1. The Balaban J connectivity index is 1.76. The predicted octanol–water partition coefficient (Wildman–Crippen LogP) is 4.07. The van der Waals surface area contributed by atoms with Crippen LogP contribution in [0.2, 0.25) is 0 Å². The van der Waals surface area contributed by atoms with E-state index < -0.39 is 0 Å². The van der Waals surface area contributed by atoms with Gasteiger partial charge in [0.15, 0.2) is 0 Å². The highest BCUT2D eigenvalue weighted by Gasteiger charge is 2.37. The van der Waals surface area contributed by atoms with Crippen LogP contribution in [0.5, 0.6) is 5.75 Å². The van der Waals surface area contributed by atoms with E-state index in [2.05, 4.69) is 13.0 Å². The van der Waals surface area contributed by atoms with Gasteiger partial charge >= 0.3 is 0 Å². The van der Waals surface area contributed by atoms with Gasteiger partial charge in [-0.05, 0) is 30.9 Å². The lowest BCUT2D eigenvalue weighted by Crippen LogP contribution is -2.40. The Morgan fingerprint density at radius 1 is 1.38 bits per heavy atom. The van der Waals surface area contributed by atoms with Crippen LogP contribution in [0.1, 0.15) is 42.5 Å². The van der Waals surface area contributed by atoms with Crippen molar-refractivity contribution in [2.24, 2.45) is 11.7 Å². The summed E-state index contributed by atoms with van der Waals surface area (Å²) in [5, 5.41) is 1.10. The molecule has 1 aromatic carbocycles. The number of fused-ring (bicyclic) bond motifs is 3. The molecule has 0 radical (unpaired) electrons. The molecule has 3 nitrogen and oxygen atoms in total. The van der Waals surface area contributed by atoms with Gasteiger partial charge in [0, 0.05) is 5.56 Å². The number of ether oxygens (including phenoxy) is 1. The maximum Gasteiger partial charge on any atom is 0.129 e. The first-order valence-electron chi connectivity index (χ1n) is 7.67. The zero-order chi connectivity index (χ0) is 14.4.